The smallest absolute Gasteiger partial charge is 0.218 e. The van der Waals surface area contributed by atoms with Crippen molar-refractivity contribution in [1.29, 1.82) is 0 Å². The van der Waals surface area contributed by atoms with Gasteiger partial charge in [-0.3, -0.25) is 0 Å². The Morgan fingerprint density at radius 3 is 2.95 bits per heavy atom. The van der Waals surface area contributed by atoms with Crippen molar-refractivity contribution in [2.75, 3.05) is 0 Å². The molecule has 106 valence electrons. The van der Waals surface area contributed by atoms with Crippen LogP contribution in [0.5, 0.6) is 5.88 Å². The number of pyridine rings is 1. The SMILES string of the molecule is Cc1cc(C)c(CNC2CC2)c(OCc2ccco2)n1. The van der Waals surface area contributed by atoms with Crippen LogP contribution in [0.1, 0.15) is 35.4 Å². The molecule has 0 amide bonds. The molecule has 0 aliphatic heterocycles. The van der Waals surface area contributed by atoms with Crippen molar-refractivity contribution < 1.29 is 9.15 Å². The molecule has 3 rings (SSSR count). The van der Waals surface area contributed by atoms with E-state index in [0.29, 0.717) is 18.5 Å². The Hall–Kier alpha value is -1.81. The minimum atomic E-state index is 0.416. The van der Waals surface area contributed by atoms with Gasteiger partial charge in [-0.2, -0.15) is 0 Å². The number of furan rings is 1. The standard InChI is InChI=1S/C16H20N2O2/c1-11-8-12(2)18-16(15(11)9-17-13-5-6-13)20-10-14-4-3-7-19-14/h3-4,7-8,13,17H,5-6,9-10H2,1-2H3. The van der Waals surface area contributed by atoms with Gasteiger partial charge in [0.15, 0.2) is 0 Å². The first kappa shape index (κ1) is 13.2. The fourth-order valence-electron chi connectivity index (χ4n) is 2.23. The van der Waals surface area contributed by atoms with Crippen LogP contribution in [0.4, 0.5) is 0 Å². The van der Waals surface area contributed by atoms with Crippen molar-refractivity contribution in [3.8, 4) is 5.88 Å². The van der Waals surface area contributed by atoms with Gasteiger partial charge in [0.05, 0.1) is 6.26 Å². The molecule has 0 unspecified atom stereocenters. The van der Waals surface area contributed by atoms with Crippen LogP contribution in [0.2, 0.25) is 0 Å². The van der Waals surface area contributed by atoms with Crippen LogP contribution in [-0.2, 0) is 13.2 Å². The minimum Gasteiger partial charge on any atom is -0.469 e. The summed E-state index contributed by atoms with van der Waals surface area (Å²) in [5.74, 6) is 1.53. The van der Waals surface area contributed by atoms with Gasteiger partial charge in [0.1, 0.15) is 12.4 Å². The van der Waals surface area contributed by atoms with E-state index >= 15 is 0 Å². The van der Waals surface area contributed by atoms with Crippen LogP contribution in [0.3, 0.4) is 0 Å². The topological polar surface area (TPSA) is 47.3 Å². The summed E-state index contributed by atoms with van der Waals surface area (Å²) in [5.41, 5.74) is 3.35. The summed E-state index contributed by atoms with van der Waals surface area (Å²) in [6.45, 7) is 5.33. The first-order valence-corrected chi connectivity index (χ1v) is 7.08. The highest BCUT2D eigenvalue weighted by molar-refractivity contribution is 5.36. The Morgan fingerprint density at radius 1 is 1.40 bits per heavy atom. The van der Waals surface area contributed by atoms with Gasteiger partial charge in [0.25, 0.3) is 0 Å². The van der Waals surface area contributed by atoms with Crippen LogP contribution in [0.15, 0.2) is 28.9 Å². The van der Waals surface area contributed by atoms with E-state index in [2.05, 4.69) is 23.3 Å². The highest BCUT2D eigenvalue weighted by Gasteiger charge is 2.21. The third-order valence-corrected chi connectivity index (χ3v) is 3.51. The summed E-state index contributed by atoms with van der Waals surface area (Å²) >= 11 is 0. The van der Waals surface area contributed by atoms with Gasteiger partial charge < -0.3 is 14.5 Å². The number of aryl methyl sites for hydroxylation is 2. The zero-order valence-electron chi connectivity index (χ0n) is 12.0. The highest BCUT2D eigenvalue weighted by Crippen LogP contribution is 2.25. The predicted octanol–water partition coefficient (Wildman–Crippen LogP) is 3.12. The van der Waals surface area contributed by atoms with E-state index in [0.717, 1.165) is 23.6 Å². The summed E-state index contributed by atoms with van der Waals surface area (Å²) in [4.78, 5) is 4.53. The van der Waals surface area contributed by atoms with E-state index in [1.54, 1.807) is 6.26 Å². The highest BCUT2D eigenvalue weighted by atomic mass is 16.5. The first-order valence-electron chi connectivity index (χ1n) is 7.08. The lowest BCUT2D eigenvalue weighted by atomic mass is 10.1. The van der Waals surface area contributed by atoms with Crippen LogP contribution >= 0.6 is 0 Å². The average molecular weight is 272 g/mol. The largest absolute Gasteiger partial charge is 0.469 e. The van der Waals surface area contributed by atoms with Crippen LogP contribution in [0, 0.1) is 13.8 Å². The molecule has 1 fully saturated rings. The Morgan fingerprint density at radius 2 is 2.25 bits per heavy atom. The van der Waals surface area contributed by atoms with Crippen molar-refractivity contribution in [2.24, 2.45) is 0 Å². The van der Waals surface area contributed by atoms with Gasteiger partial charge in [-0.15, -0.1) is 0 Å². The van der Waals surface area contributed by atoms with Crippen LogP contribution in [-0.4, -0.2) is 11.0 Å². The molecule has 1 aliphatic carbocycles. The Labute approximate surface area is 119 Å². The second-order valence-electron chi connectivity index (χ2n) is 5.39. The molecule has 0 atom stereocenters. The molecule has 2 aromatic heterocycles. The summed E-state index contributed by atoms with van der Waals surface area (Å²) in [5, 5.41) is 3.52. The lowest BCUT2D eigenvalue weighted by molar-refractivity contribution is 0.256. The number of hydrogen-bond donors (Lipinski definition) is 1. The molecule has 0 aromatic carbocycles. The molecule has 4 heteroatoms. The summed E-state index contributed by atoms with van der Waals surface area (Å²) < 4.78 is 11.1. The van der Waals surface area contributed by atoms with Crippen molar-refractivity contribution in [2.45, 2.75) is 45.9 Å². The monoisotopic (exact) mass is 272 g/mol. The predicted molar refractivity (Wildman–Crippen MR) is 76.6 cm³/mol. The van der Waals surface area contributed by atoms with Crippen molar-refractivity contribution >= 4 is 0 Å². The average Bonchev–Trinajstić information content (AvgIpc) is 3.09. The van der Waals surface area contributed by atoms with Crippen molar-refractivity contribution in [3.63, 3.8) is 0 Å². The molecular formula is C16H20N2O2. The van der Waals surface area contributed by atoms with Gasteiger partial charge in [0.2, 0.25) is 5.88 Å². The van der Waals surface area contributed by atoms with Gasteiger partial charge >= 0.3 is 0 Å². The third-order valence-electron chi connectivity index (χ3n) is 3.51. The number of nitrogens with zero attached hydrogens (tertiary/aromatic N) is 1. The molecule has 1 N–H and O–H groups in total. The number of aromatic nitrogens is 1. The first-order chi connectivity index (χ1) is 9.72. The molecule has 0 bridgehead atoms. The fourth-order valence-corrected chi connectivity index (χ4v) is 2.23. The molecule has 1 saturated carbocycles. The van der Waals surface area contributed by atoms with Crippen molar-refractivity contribution in [3.05, 3.63) is 47.0 Å². The molecule has 4 nitrogen and oxygen atoms in total. The summed E-state index contributed by atoms with van der Waals surface area (Å²) in [6.07, 6.45) is 4.21. The van der Waals surface area contributed by atoms with Gasteiger partial charge in [-0.25, -0.2) is 4.98 Å². The second-order valence-corrected chi connectivity index (χ2v) is 5.39. The van der Waals surface area contributed by atoms with Crippen LogP contribution in [0.25, 0.3) is 0 Å². The normalized spacial score (nSPS) is 14.5. The Bertz CT molecular complexity index is 574. The number of hydrogen-bond acceptors (Lipinski definition) is 4. The molecular weight excluding hydrogens is 252 g/mol. The zero-order chi connectivity index (χ0) is 13.9. The van der Waals surface area contributed by atoms with Gasteiger partial charge in [-0.05, 0) is 50.5 Å². The number of ether oxygens (including phenoxy) is 1. The molecule has 0 spiro atoms. The Balaban J connectivity index is 1.75. The summed E-state index contributed by atoms with van der Waals surface area (Å²) in [7, 11) is 0. The van der Waals surface area contributed by atoms with E-state index in [9.17, 15) is 0 Å². The van der Waals surface area contributed by atoms with E-state index in [1.807, 2.05) is 19.1 Å². The maximum atomic E-state index is 5.85. The minimum absolute atomic E-state index is 0.416. The lowest BCUT2D eigenvalue weighted by Gasteiger charge is -2.14. The molecule has 2 aromatic rings. The fraction of sp³-hybridized carbons (Fsp3) is 0.438. The quantitative estimate of drug-likeness (QED) is 0.877. The number of nitrogens with one attached hydrogen (secondary N) is 1. The second kappa shape index (κ2) is 5.67. The molecule has 0 saturated heterocycles. The number of rotatable bonds is 6. The molecule has 2 heterocycles. The van der Waals surface area contributed by atoms with Gasteiger partial charge in [-0.1, -0.05) is 0 Å². The van der Waals surface area contributed by atoms with E-state index in [-0.39, 0.29) is 0 Å². The van der Waals surface area contributed by atoms with Crippen LogP contribution < -0.4 is 10.1 Å². The summed E-state index contributed by atoms with van der Waals surface area (Å²) in [6, 6.07) is 6.55. The van der Waals surface area contributed by atoms with Gasteiger partial charge in [0, 0.05) is 23.8 Å². The lowest BCUT2D eigenvalue weighted by Crippen LogP contribution is -2.17. The molecule has 0 radical (unpaired) electrons. The van der Waals surface area contributed by atoms with E-state index in [4.69, 9.17) is 9.15 Å². The maximum absolute atomic E-state index is 5.85. The van der Waals surface area contributed by atoms with Crippen molar-refractivity contribution in [1.82, 2.24) is 10.3 Å². The Kier molecular flexibility index (Phi) is 3.74. The molecule has 1 aliphatic rings. The third kappa shape index (κ3) is 3.20. The van der Waals surface area contributed by atoms with E-state index < -0.39 is 0 Å². The van der Waals surface area contributed by atoms with E-state index in [1.165, 1.54) is 18.4 Å². The molecule has 20 heavy (non-hydrogen) atoms. The zero-order valence-corrected chi connectivity index (χ0v) is 12.0. The maximum Gasteiger partial charge on any atom is 0.218 e.